The number of anilines is 1. The van der Waals surface area contributed by atoms with Crippen LogP contribution in [0.5, 0.6) is 0 Å². The lowest BCUT2D eigenvalue weighted by molar-refractivity contribution is 0.589. The van der Waals surface area contributed by atoms with Gasteiger partial charge in [-0.05, 0) is 29.8 Å². The molecule has 3 aromatic rings. The van der Waals surface area contributed by atoms with E-state index in [1.165, 1.54) is 17.8 Å². The number of hydrogen-bond donors (Lipinski definition) is 1. The van der Waals surface area contributed by atoms with Crippen LogP contribution >= 0.6 is 0 Å². The summed E-state index contributed by atoms with van der Waals surface area (Å²) in [7, 11) is 0. The zero-order valence-corrected chi connectivity index (χ0v) is 12.9. The van der Waals surface area contributed by atoms with Crippen molar-refractivity contribution in [3.63, 3.8) is 0 Å². The molecule has 0 spiro atoms. The van der Waals surface area contributed by atoms with Crippen LogP contribution in [0.25, 0.3) is 5.52 Å². The van der Waals surface area contributed by atoms with Crippen LogP contribution in [-0.4, -0.2) is 35.6 Å². The first kappa shape index (κ1) is 14.2. The van der Waals surface area contributed by atoms with Crippen LogP contribution in [0.3, 0.4) is 0 Å². The summed E-state index contributed by atoms with van der Waals surface area (Å²) >= 11 is 0. The Hall–Kier alpha value is -2.40. The van der Waals surface area contributed by atoms with Gasteiger partial charge < -0.3 is 14.6 Å². The predicted molar refractivity (Wildman–Crippen MR) is 89.5 cm³/mol. The van der Waals surface area contributed by atoms with E-state index in [0.717, 1.165) is 43.1 Å². The minimum Gasteiger partial charge on any atom is -0.369 e. The van der Waals surface area contributed by atoms with Crippen LogP contribution in [0, 0.1) is 5.82 Å². The maximum Gasteiger partial charge on any atom is 0.123 e. The lowest BCUT2D eigenvalue weighted by atomic mass is 10.1. The van der Waals surface area contributed by atoms with E-state index in [4.69, 9.17) is 0 Å². The molecule has 2 aromatic heterocycles. The number of nitrogens with zero attached hydrogens (tertiary/aromatic N) is 3. The van der Waals surface area contributed by atoms with E-state index in [2.05, 4.69) is 37.9 Å². The van der Waals surface area contributed by atoms with Crippen molar-refractivity contribution in [1.82, 2.24) is 14.7 Å². The van der Waals surface area contributed by atoms with E-state index >= 15 is 0 Å². The van der Waals surface area contributed by atoms with Gasteiger partial charge in [-0.1, -0.05) is 12.1 Å². The summed E-state index contributed by atoms with van der Waals surface area (Å²) in [4.78, 5) is 6.93. The maximum atomic E-state index is 13.0. The summed E-state index contributed by atoms with van der Waals surface area (Å²) in [5.41, 5.74) is 3.40. The lowest BCUT2D eigenvalue weighted by Crippen LogP contribution is -2.43. The van der Waals surface area contributed by atoms with Gasteiger partial charge in [0.05, 0.1) is 11.7 Å². The third-order valence-corrected chi connectivity index (χ3v) is 4.35. The molecule has 1 aliphatic rings. The average molecular weight is 310 g/mol. The van der Waals surface area contributed by atoms with Crippen molar-refractivity contribution >= 4 is 11.2 Å². The molecule has 0 unspecified atom stereocenters. The van der Waals surface area contributed by atoms with Gasteiger partial charge in [-0.2, -0.15) is 0 Å². The highest BCUT2D eigenvalue weighted by Gasteiger charge is 2.12. The van der Waals surface area contributed by atoms with Gasteiger partial charge in [-0.15, -0.1) is 0 Å². The first-order valence-electron chi connectivity index (χ1n) is 7.96. The van der Waals surface area contributed by atoms with E-state index < -0.39 is 0 Å². The molecule has 0 bridgehead atoms. The normalized spacial score (nSPS) is 15.3. The molecular formula is C18H19FN4. The fraction of sp³-hybridized carbons (Fsp3) is 0.278. The number of aromatic nitrogens is 2. The number of benzene rings is 1. The Morgan fingerprint density at radius 3 is 2.65 bits per heavy atom. The van der Waals surface area contributed by atoms with E-state index in [-0.39, 0.29) is 5.82 Å². The van der Waals surface area contributed by atoms with Crippen molar-refractivity contribution < 1.29 is 4.39 Å². The first-order valence-corrected chi connectivity index (χ1v) is 7.96. The van der Waals surface area contributed by atoms with Crippen molar-refractivity contribution in [2.45, 2.75) is 6.42 Å². The molecule has 4 rings (SSSR count). The van der Waals surface area contributed by atoms with Crippen molar-refractivity contribution in [2.75, 3.05) is 31.1 Å². The Morgan fingerprint density at radius 2 is 1.87 bits per heavy atom. The molecule has 1 saturated heterocycles. The summed E-state index contributed by atoms with van der Waals surface area (Å²) < 4.78 is 15.1. The number of halogens is 1. The summed E-state index contributed by atoms with van der Waals surface area (Å²) in [6, 6.07) is 10.9. The van der Waals surface area contributed by atoms with Crippen LogP contribution in [0.1, 0.15) is 11.4 Å². The molecular weight excluding hydrogens is 291 g/mol. The number of imidazole rings is 1. The molecule has 3 heterocycles. The summed E-state index contributed by atoms with van der Waals surface area (Å²) in [6.45, 7) is 4.13. The fourth-order valence-corrected chi connectivity index (χ4v) is 3.08. The van der Waals surface area contributed by atoms with Gasteiger partial charge >= 0.3 is 0 Å². The fourth-order valence-electron chi connectivity index (χ4n) is 3.08. The molecule has 1 N–H and O–H groups in total. The molecule has 1 aromatic carbocycles. The zero-order valence-electron chi connectivity index (χ0n) is 12.9. The van der Waals surface area contributed by atoms with Crippen molar-refractivity contribution in [1.29, 1.82) is 0 Å². The number of rotatable bonds is 3. The third kappa shape index (κ3) is 2.92. The molecule has 0 atom stereocenters. The largest absolute Gasteiger partial charge is 0.369 e. The highest BCUT2D eigenvalue weighted by atomic mass is 19.1. The van der Waals surface area contributed by atoms with Gasteiger partial charge in [0.2, 0.25) is 0 Å². The van der Waals surface area contributed by atoms with Crippen molar-refractivity contribution in [2.24, 2.45) is 0 Å². The molecule has 0 aliphatic carbocycles. The van der Waals surface area contributed by atoms with E-state index in [1.807, 2.05) is 18.3 Å². The molecule has 23 heavy (non-hydrogen) atoms. The summed E-state index contributed by atoms with van der Waals surface area (Å²) in [5, 5.41) is 3.37. The SMILES string of the molecule is Fc1ccc(Cc2ncc3cc(N4CCNCC4)ccn23)cc1. The molecule has 0 amide bonds. The Bertz CT molecular complexity index is 804. The average Bonchev–Trinajstić information content (AvgIpc) is 3.00. The second-order valence-corrected chi connectivity index (χ2v) is 5.89. The Kier molecular flexibility index (Phi) is 3.71. The number of piperazine rings is 1. The minimum absolute atomic E-state index is 0.206. The van der Waals surface area contributed by atoms with Crippen LogP contribution < -0.4 is 10.2 Å². The topological polar surface area (TPSA) is 32.6 Å². The molecule has 118 valence electrons. The molecule has 1 fully saturated rings. The highest BCUT2D eigenvalue weighted by Crippen LogP contribution is 2.20. The van der Waals surface area contributed by atoms with Crippen LogP contribution in [0.2, 0.25) is 0 Å². The molecule has 5 heteroatoms. The molecule has 0 radical (unpaired) electrons. The minimum atomic E-state index is -0.206. The standard InChI is InChI=1S/C18H19FN4/c19-15-3-1-14(2-4-15)11-18-21-13-17-12-16(5-8-23(17)18)22-9-6-20-7-10-22/h1-5,8,12-13,20H,6-7,9-11H2. The zero-order chi connectivity index (χ0) is 15.6. The van der Waals surface area contributed by atoms with Crippen LogP contribution in [-0.2, 0) is 6.42 Å². The number of nitrogens with one attached hydrogen (secondary N) is 1. The monoisotopic (exact) mass is 310 g/mol. The number of hydrogen-bond acceptors (Lipinski definition) is 3. The lowest BCUT2D eigenvalue weighted by Gasteiger charge is -2.29. The predicted octanol–water partition coefficient (Wildman–Crippen LogP) is 2.47. The molecule has 4 nitrogen and oxygen atoms in total. The first-order chi connectivity index (χ1) is 11.3. The van der Waals surface area contributed by atoms with Gasteiger partial charge in [-0.25, -0.2) is 9.37 Å². The van der Waals surface area contributed by atoms with E-state index in [0.29, 0.717) is 6.42 Å². The summed E-state index contributed by atoms with van der Waals surface area (Å²) in [6.07, 6.45) is 4.69. The van der Waals surface area contributed by atoms with Crippen molar-refractivity contribution in [3.8, 4) is 0 Å². The quantitative estimate of drug-likeness (QED) is 0.807. The smallest absolute Gasteiger partial charge is 0.123 e. The molecule has 1 aliphatic heterocycles. The number of fused-ring (bicyclic) bond motifs is 1. The van der Waals surface area contributed by atoms with Gasteiger partial charge in [0, 0.05) is 44.5 Å². The van der Waals surface area contributed by atoms with Crippen molar-refractivity contribution in [3.05, 3.63) is 66.0 Å². The van der Waals surface area contributed by atoms with Gasteiger partial charge in [0.25, 0.3) is 0 Å². The molecule has 0 saturated carbocycles. The van der Waals surface area contributed by atoms with Gasteiger partial charge in [-0.3, -0.25) is 0 Å². The number of pyridine rings is 1. The second-order valence-electron chi connectivity index (χ2n) is 5.89. The Morgan fingerprint density at radius 1 is 1.09 bits per heavy atom. The Labute approximate surface area is 134 Å². The Balaban J connectivity index is 1.60. The maximum absolute atomic E-state index is 13.0. The third-order valence-electron chi connectivity index (χ3n) is 4.35. The van der Waals surface area contributed by atoms with Crippen LogP contribution in [0.15, 0.2) is 48.8 Å². The van der Waals surface area contributed by atoms with Gasteiger partial charge in [0.15, 0.2) is 0 Å². The van der Waals surface area contributed by atoms with Crippen LogP contribution in [0.4, 0.5) is 10.1 Å². The van der Waals surface area contributed by atoms with Gasteiger partial charge in [0.1, 0.15) is 11.6 Å². The van der Waals surface area contributed by atoms with E-state index in [9.17, 15) is 4.39 Å². The second kappa shape index (κ2) is 6.01. The highest BCUT2D eigenvalue weighted by molar-refractivity contribution is 5.60. The van der Waals surface area contributed by atoms with E-state index in [1.54, 1.807) is 0 Å². The summed E-state index contributed by atoms with van der Waals surface area (Å²) in [5.74, 6) is 0.765.